The van der Waals surface area contributed by atoms with Crippen molar-refractivity contribution in [2.45, 2.75) is 37.8 Å². The predicted octanol–water partition coefficient (Wildman–Crippen LogP) is 0.318. The Kier molecular flexibility index (Phi) is 4.58. The van der Waals surface area contributed by atoms with E-state index < -0.39 is 0 Å². The summed E-state index contributed by atoms with van der Waals surface area (Å²) in [4.78, 5) is 11.4. The smallest absolute Gasteiger partial charge is 0.407 e. The third-order valence-corrected chi connectivity index (χ3v) is 3.32. The van der Waals surface area contributed by atoms with Gasteiger partial charge in [0.15, 0.2) is 0 Å². The van der Waals surface area contributed by atoms with Gasteiger partial charge in [0.2, 0.25) is 0 Å². The van der Waals surface area contributed by atoms with E-state index in [0.717, 1.165) is 13.0 Å². The lowest BCUT2D eigenvalue weighted by atomic mass is 10.2. The van der Waals surface area contributed by atoms with Gasteiger partial charge < -0.3 is 20.6 Å². The van der Waals surface area contributed by atoms with Gasteiger partial charge in [-0.05, 0) is 25.8 Å². The maximum absolute atomic E-state index is 11.4. The highest BCUT2D eigenvalue weighted by Crippen LogP contribution is 2.10. The molecule has 0 aromatic rings. The molecule has 0 aliphatic carbocycles. The number of nitrogens with zero attached hydrogens (tertiary/aromatic N) is 1. The van der Waals surface area contributed by atoms with E-state index in [-0.39, 0.29) is 12.2 Å². The van der Waals surface area contributed by atoms with E-state index in [1.54, 1.807) is 0 Å². The van der Waals surface area contributed by atoms with E-state index in [2.05, 4.69) is 10.6 Å². The summed E-state index contributed by atoms with van der Waals surface area (Å²) in [5.41, 5.74) is 0. The number of hydrogen-bond acceptors (Lipinski definition) is 5. The standard InChI is InChI=1S/C11H21N3O3/c15-11(17-10-4-7-14(16)8-10)13-6-3-9-2-1-5-12-9/h9-10,12,16H,1-8H2,(H,13,15)/t9-,10?/m0/s1. The van der Waals surface area contributed by atoms with E-state index in [1.807, 2.05) is 0 Å². The summed E-state index contributed by atoms with van der Waals surface area (Å²) in [5.74, 6) is 0. The van der Waals surface area contributed by atoms with Gasteiger partial charge in [-0.3, -0.25) is 0 Å². The maximum Gasteiger partial charge on any atom is 0.407 e. The molecule has 98 valence electrons. The molecule has 1 unspecified atom stereocenters. The molecule has 2 aliphatic heterocycles. The molecule has 2 fully saturated rings. The lowest BCUT2D eigenvalue weighted by Crippen LogP contribution is -2.33. The van der Waals surface area contributed by atoms with Crippen molar-refractivity contribution in [1.82, 2.24) is 15.7 Å². The fourth-order valence-electron chi connectivity index (χ4n) is 2.35. The Labute approximate surface area is 101 Å². The highest BCUT2D eigenvalue weighted by Gasteiger charge is 2.24. The van der Waals surface area contributed by atoms with Gasteiger partial charge in [-0.15, -0.1) is 0 Å². The van der Waals surface area contributed by atoms with Crippen molar-refractivity contribution >= 4 is 6.09 Å². The molecular formula is C11H21N3O3. The quantitative estimate of drug-likeness (QED) is 0.663. The molecule has 3 N–H and O–H groups in total. The first-order chi connectivity index (χ1) is 8.24. The molecule has 6 nitrogen and oxygen atoms in total. The highest BCUT2D eigenvalue weighted by atomic mass is 16.6. The zero-order valence-electron chi connectivity index (χ0n) is 10.0. The SMILES string of the molecule is O=C(NCC[C@@H]1CCCN1)OC1CCN(O)C1. The van der Waals surface area contributed by atoms with Gasteiger partial charge in [0.1, 0.15) is 6.10 Å². The number of rotatable bonds is 4. The molecule has 6 heteroatoms. The van der Waals surface area contributed by atoms with Crippen LogP contribution in [-0.4, -0.2) is 54.7 Å². The summed E-state index contributed by atoms with van der Waals surface area (Å²) >= 11 is 0. The number of amides is 1. The second kappa shape index (κ2) is 6.18. The van der Waals surface area contributed by atoms with Crippen molar-refractivity contribution < 1.29 is 14.7 Å². The third kappa shape index (κ3) is 4.14. The van der Waals surface area contributed by atoms with Crippen molar-refractivity contribution in [2.75, 3.05) is 26.2 Å². The number of hydrogen-bond donors (Lipinski definition) is 3. The molecular weight excluding hydrogens is 222 g/mol. The second-order valence-corrected chi connectivity index (χ2v) is 4.74. The van der Waals surface area contributed by atoms with Crippen LogP contribution in [0.2, 0.25) is 0 Å². The summed E-state index contributed by atoms with van der Waals surface area (Å²) in [6.07, 6.45) is 3.52. The Balaban J connectivity index is 1.54. The minimum Gasteiger partial charge on any atom is -0.445 e. The predicted molar refractivity (Wildman–Crippen MR) is 61.9 cm³/mol. The van der Waals surface area contributed by atoms with Crippen LogP contribution in [0.3, 0.4) is 0 Å². The second-order valence-electron chi connectivity index (χ2n) is 4.74. The van der Waals surface area contributed by atoms with Gasteiger partial charge in [0, 0.05) is 25.6 Å². The van der Waals surface area contributed by atoms with E-state index in [4.69, 9.17) is 9.94 Å². The van der Waals surface area contributed by atoms with E-state index in [9.17, 15) is 4.79 Å². The molecule has 0 aromatic heterocycles. The van der Waals surface area contributed by atoms with Crippen molar-refractivity contribution in [3.05, 3.63) is 0 Å². The largest absolute Gasteiger partial charge is 0.445 e. The topological polar surface area (TPSA) is 73.8 Å². The number of nitrogens with one attached hydrogen (secondary N) is 2. The number of carbonyl (C=O) groups excluding carboxylic acids is 1. The van der Waals surface area contributed by atoms with Crippen LogP contribution < -0.4 is 10.6 Å². The molecule has 0 bridgehead atoms. The Morgan fingerprint density at radius 2 is 2.41 bits per heavy atom. The van der Waals surface area contributed by atoms with E-state index in [1.165, 1.54) is 17.9 Å². The average Bonchev–Trinajstić information content (AvgIpc) is 2.90. The average molecular weight is 243 g/mol. The van der Waals surface area contributed by atoms with Crippen LogP contribution in [0.15, 0.2) is 0 Å². The molecule has 0 saturated carbocycles. The fourth-order valence-corrected chi connectivity index (χ4v) is 2.35. The van der Waals surface area contributed by atoms with Crippen LogP contribution in [0.5, 0.6) is 0 Å². The molecule has 2 saturated heterocycles. The van der Waals surface area contributed by atoms with Crippen molar-refractivity contribution in [3.63, 3.8) is 0 Å². The number of carbonyl (C=O) groups is 1. The molecule has 0 spiro atoms. The Morgan fingerprint density at radius 3 is 3.06 bits per heavy atom. The monoisotopic (exact) mass is 243 g/mol. The lowest BCUT2D eigenvalue weighted by Gasteiger charge is -2.14. The molecule has 0 radical (unpaired) electrons. The minimum absolute atomic E-state index is 0.176. The zero-order chi connectivity index (χ0) is 12.1. The van der Waals surface area contributed by atoms with E-state index >= 15 is 0 Å². The summed E-state index contributed by atoms with van der Waals surface area (Å²) in [6, 6.07) is 0.537. The number of hydroxylamine groups is 2. The third-order valence-electron chi connectivity index (χ3n) is 3.32. The lowest BCUT2D eigenvalue weighted by molar-refractivity contribution is -0.0765. The first kappa shape index (κ1) is 12.6. The molecule has 17 heavy (non-hydrogen) atoms. The van der Waals surface area contributed by atoms with Crippen LogP contribution in [0.25, 0.3) is 0 Å². The molecule has 2 atom stereocenters. The van der Waals surface area contributed by atoms with Crippen LogP contribution in [0, 0.1) is 0 Å². The van der Waals surface area contributed by atoms with Crippen molar-refractivity contribution in [3.8, 4) is 0 Å². The van der Waals surface area contributed by atoms with Gasteiger partial charge >= 0.3 is 6.09 Å². The van der Waals surface area contributed by atoms with Gasteiger partial charge in [0.25, 0.3) is 0 Å². The summed E-state index contributed by atoms with van der Waals surface area (Å²) in [7, 11) is 0. The zero-order valence-corrected chi connectivity index (χ0v) is 10.0. The fraction of sp³-hybridized carbons (Fsp3) is 0.909. The first-order valence-corrected chi connectivity index (χ1v) is 6.36. The molecule has 0 aromatic carbocycles. The minimum atomic E-state index is -0.372. The van der Waals surface area contributed by atoms with E-state index in [0.29, 0.717) is 32.1 Å². The normalized spacial score (nSPS) is 29.5. The first-order valence-electron chi connectivity index (χ1n) is 6.36. The van der Waals surface area contributed by atoms with Crippen molar-refractivity contribution in [1.29, 1.82) is 0 Å². The molecule has 2 heterocycles. The maximum atomic E-state index is 11.4. The molecule has 2 aliphatic rings. The number of ether oxygens (including phenoxy) is 1. The Morgan fingerprint density at radius 1 is 1.53 bits per heavy atom. The van der Waals surface area contributed by atoms with Crippen molar-refractivity contribution in [2.24, 2.45) is 0 Å². The Bertz CT molecular complexity index is 256. The highest BCUT2D eigenvalue weighted by molar-refractivity contribution is 5.67. The van der Waals surface area contributed by atoms with Gasteiger partial charge in [0.05, 0.1) is 6.54 Å². The summed E-state index contributed by atoms with van der Waals surface area (Å²) in [6.45, 7) is 2.72. The Hall–Kier alpha value is -0.850. The van der Waals surface area contributed by atoms with Crippen LogP contribution in [0.4, 0.5) is 4.79 Å². The summed E-state index contributed by atoms with van der Waals surface area (Å²) in [5, 5.41) is 16.5. The number of alkyl carbamates (subject to hydrolysis) is 1. The van der Waals surface area contributed by atoms with Gasteiger partial charge in [-0.25, -0.2) is 4.79 Å². The van der Waals surface area contributed by atoms with Crippen LogP contribution in [0.1, 0.15) is 25.7 Å². The summed E-state index contributed by atoms with van der Waals surface area (Å²) < 4.78 is 5.17. The van der Waals surface area contributed by atoms with Gasteiger partial charge in [-0.2, -0.15) is 5.06 Å². The van der Waals surface area contributed by atoms with Crippen LogP contribution in [-0.2, 0) is 4.74 Å². The molecule has 1 amide bonds. The molecule has 2 rings (SSSR count). The van der Waals surface area contributed by atoms with Gasteiger partial charge in [-0.1, -0.05) is 0 Å². The van der Waals surface area contributed by atoms with Crippen LogP contribution >= 0.6 is 0 Å².